The van der Waals surface area contributed by atoms with Gasteiger partial charge in [-0.25, -0.2) is 4.39 Å². The van der Waals surface area contributed by atoms with Crippen molar-refractivity contribution in [1.29, 1.82) is 0 Å². The fourth-order valence-electron chi connectivity index (χ4n) is 3.01. The fraction of sp³-hybridized carbons (Fsp3) is 0.286. The number of nitrogens with one attached hydrogen (secondary N) is 1. The van der Waals surface area contributed by atoms with Gasteiger partial charge in [0.25, 0.3) is 5.91 Å². The van der Waals surface area contributed by atoms with E-state index in [-0.39, 0.29) is 24.6 Å². The summed E-state index contributed by atoms with van der Waals surface area (Å²) >= 11 is 0. The second kappa shape index (κ2) is 8.72. The molecule has 1 heterocycles. The highest BCUT2D eigenvalue weighted by atomic mass is 19.1. The van der Waals surface area contributed by atoms with Gasteiger partial charge in [0.15, 0.2) is 6.10 Å². The molecule has 1 N–H and O–H groups in total. The summed E-state index contributed by atoms with van der Waals surface area (Å²) < 4.78 is 24.2. The van der Waals surface area contributed by atoms with Crippen LogP contribution in [-0.2, 0) is 19.1 Å². The van der Waals surface area contributed by atoms with Crippen molar-refractivity contribution < 1.29 is 28.2 Å². The van der Waals surface area contributed by atoms with Crippen molar-refractivity contribution in [3.05, 3.63) is 54.3 Å². The number of methoxy groups -OCH3 is 1. The van der Waals surface area contributed by atoms with Gasteiger partial charge >= 0.3 is 5.97 Å². The predicted octanol–water partition coefficient (Wildman–Crippen LogP) is 2.76. The van der Waals surface area contributed by atoms with E-state index in [1.54, 1.807) is 30.3 Å². The van der Waals surface area contributed by atoms with Crippen LogP contribution < -0.4 is 15.0 Å². The second-order valence-corrected chi connectivity index (χ2v) is 6.65. The molecule has 1 fully saturated rings. The molecule has 7 nitrogen and oxygen atoms in total. The molecule has 2 amide bonds. The van der Waals surface area contributed by atoms with Crippen LogP contribution in [0.15, 0.2) is 48.5 Å². The van der Waals surface area contributed by atoms with Gasteiger partial charge in [0.1, 0.15) is 11.6 Å². The minimum atomic E-state index is -1.05. The molecule has 0 aromatic heterocycles. The van der Waals surface area contributed by atoms with Crippen LogP contribution in [0, 0.1) is 11.7 Å². The van der Waals surface area contributed by atoms with Crippen molar-refractivity contribution >= 4 is 29.2 Å². The zero-order valence-electron chi connectivity index (χ0n) is 16.1. The molecule has 0 aliphatic carbocycles. The van der Waals surface area contributed by atoms with Crippen LogP contribution in [0.2, 0.25) is 0 Å². The normalized spacial score (nSPS) is 17.0. The molecule has 0 radical (unpaired) electrons. The summed E-state index contributed by atoms with van der Waals surface area (Å²) in [5.74, 6) is -2.20. The van der Waals surface area contributed by atoms with Crippen LogP contribution in [0.5, 0.6) is 5.75 Å². The van der Waals surface area contributed by atoms with E-state index in [2.05, 4.69) is 5.32 Å². The van der Waals surface area contributed by atoms with Crippen molar-refractivity contribution in [3.8, 4) is 5.75 Å². The maximum Gasteiger partial charge on any atom is 0.312 e. The topological polar surface area (TPSA) is 84.9 Å². The molecule has 0 bridgehead atoms. The van der Waals surface area contributed by atoms with Crippen LogP contribution >= 0.6 is 0 Å². The zero-order valence-corrected chi connectivity index (χ0v) is 16.1. The molecule has 1 aliphatic rings. The van der Waals surface area contributed by atoms with Crippen molar-refractivity contribution in [1.82, 2.24) is 0 Å². The standard InChI is InChI=1S/C21H21FN2O5/c1-13(20(26)23-15-7-9-16(28-2)10-8-15)29-21(27)14-11-19(25)24(12-14)18-6-4-3-5-17(18)22/h3-10,13-14H,11-12H2,1-2H3,(H,23,26)/t13-,14+/m1/s1. The van der Waals surface area contributed by atoms with Gasteiger partial charge < -0.3 is 19.7 Å². The molecular weight excluding hydrogens is 379 g/mol. The summed E-state index contributed by atoms with van der Waals surface area (Å²) in [6.07, 6.45) is -1.15. The molecule has 2 atom stereocenters. The van der Waals surface area contributed by atoms with E-state index >= 15 is 0 Å². The third kappa shape index (κ3) is 4.71. The fourth-order valence-corrected chi connectivity index (χ4v) is 3.01. The van der Waals surface area contributed by atoms with E-state index in [9.17, 15) is 18.8 Å². The molecule has 2 aromatic carbocycles. The van der Waals surface area contributed by atoms with E-state index in [0.29, 0.717) is 11.4 Å². The Bertz CT molecular complexity index is 916. The van der Waals surface area contributed by atoms with Gasteiger partial charge in [0.05, 0.1) is 18.7 Å². The lowest BCUT2D eigenvalue weighted by Crippen LogP contribution is -2.33. The van der Waals surface area contributed by atoms with E-state index in [1.165, 1.54) is 37.1 Å². The summed E-state index contributed by atoms with van der Waals surface area (Å²) in [5, 5.41) is 2.64. The third-order valence-corrected chi connectivity index (χ3v) is 4.62. The van der Waals surface area contributed by atoms with Crippen molar-refractivity contribution in [2.24, 2.45) is 5.92 Å². The number of rotatable bonds is 6. The summed E-state index contributed by atoms with van der Waals surface area (Å²) in [4.78, 5) is 38.1. The Morgan fingerprint density at radius 2 is 1.86 bits per heavy atom. The van der Waals surface area contributed by atoms with E-state index < -0.39 is 29.7 Å². The largest absolute Gasteiger partial charge is 0.497 e. The second-order valence-electron chi connectivity index (χ2n) is 6.65. The Balaban J connectivity index is 1.57. The molecule has 3 rings (SSSR count). The number of halogens is 1. The molecule has 2 aromatic rings. The van der Waals surface area contributed by atoms with Crippen molar-refractivity contribution in [2.45, 2.75) is 19.4 Å². The minimum Gasteiger partial charge on any atom is -0.497 e. The Hall–Kier alpha value is -3.42. The Labute approximate surface area is 167 Å². The number of hydrogen-bond acceptors (Lipinski definition) is 5. The van der Waals surface area contributed by atoms with Crippen LogP contribution in [0.3, 0.4) is 0 Å². The van der Waals surface area contributed by atoms with Gasteiger partial charge in [-0.05, 0) is 43.3 Å². The van der Waals surface area contributed by atoms with Gasteiger partial charge in [0, 0.05) is 18.7 Å². The van der Waals surface area contributed by atoms with Gasteiger partial charge in [0.2, 0.25) is 5.91 Å². The van der Waals surface area contributed by atoms with Crippen LogP contribution in [0.1, 0.15) is 13.3 Å². The molecule has 1 aliphatic heterocycles. The third-order valence-electron chi connectivity index (χ3n) is 4.62. The van der Waals surface area contributed by atoms with Gasteiger partial charge in [-0.1, -0.05) is 12.1 Å². The number of nitrogens with zero attached hydrogens (tertiary/aromatic N) is 1. The summed E-state index contributed by atoms with van der Waals surface area (Å²) in [6.45, 7) is 1.45. The Morgan fingerprint density at radius 3 is 2.52 bits per heavy atom. The molecule has 29 heavy (non-hydrogen) atoms. The van der Waals surface area contributed by atoms with Crippen molar-refractivity contribution in [3.63, 3.8) is 0 Å². The lowest BCUT2D eigenvalue weighted by atomic mass is 10.1. The molecule has 0 spiro atoms. The first kappa shape index (κ1) is 20.3. The van der Waals surface area contributed by atoms with Crippen LogP contribution in [0.25, 0.3) is 0 Å². The van der Waals surface area contributed by atoms with Gasteiger partial charge in [-0.3, -0.25) is 14.4 Å². The maximum atomic E-state index is 13.9. The maximum absolute atomic E-state index is 13.9. The summed E-state index contributed by atoms with van der Waals surface area (Å²) in [6, 6.07) is 12.6. The molecule has 0 unspecified atom stereocenters. The molecule has 1 saturated heterocycles. The van der Waals surface area contributed by atoms with Crippen LogP contribution in [0.4, 0.5) is 15.8 Å². The first-order chi connectivity index (χ1) is 13.9. The minimum absolute atomic E-state index is 0.00538. The lowest BCUT2D eigenvalue weighted by molar-refractivity contribution is -0.157. The monoisotopic (exact) mass is 400 g/mol. The number of amides is 2. The molecule has 8 heteroatoms. The number of carbonyl (C=O) groups is 3. The Kier molecular flexibility index (Phi) is 6.11. The van der Waals surface area contributed by atoms with E-state index in [1.807, 2.05) is 0 Å². The van der Waals surface area contributed by atoms with Crippen molar-refractivity contribution in [2.75, 3.05) is 23.9 Å². The first-order valence-electron chi connectivity index (χ1n) is 9.09. The SMILES string of the molecule is COc1ccc(NC(=O)[C@@H](C)OC(=O)[C@H]2CC(=O)N(c3ccccc3F)C2)cc1. The van der Waals surface area contributed by atoms with E-state index in [0.717, 1.165) is 0 Å². The highest BCUT2D eigenvalue weighted by Crippen LogP contribution is 2.28. The zero-order chi connectivity index (χ0) is 21.0. The number of para-hydroxylation sites is 1. The summed E-state index contributed by atoms with van der Waals surface area (Å²) in [7, 11) is 1.54. The van der Waals surface area contributed by atoms with Gasteiger partial charge in [-0.2, -0.15) is 0 Å². The van der Waals surface area contributed by atoms with E-state index in [4.69, 9.17) is 9.47 Å². The quantitative estimate of drug-likeness (QED) is 0.754. The smallest absolute Gasteiger partial charge is 0.312 e. The molecule has 152 valence electrons. The number of anilines is 2. The number of ether oxygens (including phenoxy) is 2. The van der Waals surface area contributed by atoms with Crippen LogP contribution in [-0.4, -0.2) is 37.5 Å². The average molecular weight is 400 g/mol. The number of hydrogen-bond donors (Lipinski definition) is 1. The number of esters is 1. The molecule has 0 saturated carbocycles. The average Bonchev–Trinajstić information content (AvgIpc) is 3.10. The highest BCUT2D eigenvalue weighted by Gasteiger charge is 2.38. The Morgan fingerprint density at radius 1 is 1.17 bits per heavy atom. The molecular formula is C21H21FN2O5. The lowest BCUT2D eigenvalue weighted by Gasteiger charge is -2.18. The summed E-state index contributed by atoms with van der Waals surface area (Å²) in [5.41, 5.74) is 0.651. The number of benzene rings is 2. The number of carbonyl (C=O) groups excluding carboxylic acids is 3. The first-order valence-corrected chi connectivity index (χ1v) is 9.09. The highest BCUT2D eigenvalue weighted by molar-refractivity contribution is 6.00. The predicted molar refractivity (Wildman–Crippen MR) is 104 cm³/mol. The van der Waals surface area contributed by atoms with Gasteiger partial charge in [-0.15, -0.1) is 0 Å².